The molecule has 0 radical (unpaired) electrons. The van der Waals surface area contributed by atoms with Gasteiger partial charge in [0.15, 0.2) is 5.78 Å². The van der Waals surface area contributed by atoms with E-state index in [4.69, 9.17) is 28.7 Å². The van der Waals surface area contributed by atoms with Gasteiger partial charge in [-0.05, 0) is 59.7 Å². The average Bonchev–Trinajstić information content (AvgIpc) is 3.37. The number of carbonyl (C=O) groups is 3. The maximum absolute atomic E-state index is 13.4. The molecule has 3 aromatic rings. The first-order chi connectivity index (χ1) is 27.3. The van der Waals surface area contributed by atoms with Crippen LogP contribution in [-0.2, 0) is 35.0 Å². The van der Waals surface area contributed by atoms with Crippen LogP contribution in [0, 0.1) is 11.3 Å². The van der Waals surface area contributed by atoms with Crippen LogP contribution in [0.5, 0.6) is 0 Å². The van der Waals surface area contributed by atoms with Gasteiger partial charge >= 0.3 is 6.09 Å². The monoisotopic (exact) mass is 787 g/mol. The Labute approximate surface area is 333 Å². The quantitative estimate of drug-likeness (QED) is 0.184. The number of nitrogens with one attached hydrogen (secondary N) is 1. The Morgan fingerprint density at radius 3 is 2.26 bits per heavy atom. The molecule has 0 aliphatic carbocycles. The van der Waals surface area contributed by atoms with Gasteiger partial charge in [-0.15, -0.1) is 0 Å². The average molecular weight is 788 g/mol. The number of pyridine rings is 2. The van der Waals surface area contributed by atoms with Gasteiger partial charge < -0.3 is 43.7 Å². The summed E-state index contributed by atoms with van der Waals surface area (Å²) in [5.41, 5.74) is 1.46. The van der Waals surface area contributed by atoms with Crippen LogP contribution in [-0.4, -0.2) is 139 Å². The maximum Gasteiger partial charge on any atom is 0.407 e. The number of anilines is 2. The molecular weight excluding hydrogens is 734 g/mol. The molecule has 0 saturated carbocycles. The van der Waals surface area contributed by atoms with Crippen LogP contribution in [0.25, 0.3) is 11.3 Å². The third-order valence-electron chi connectivity index (χ3n) is 9.35. The lowest BCUT2D eigenvalue weighted by Crippen LogP contribution is -2.55. The van der Waals surface area contributed by atoms with Crippen molar-refractivity contribution < 1.29 is 38.1 Å². The normalized spacial score (nSPS) is 16.3. The fourth-order valence-electron chi connectivity index (χ4n) is 6.39. The Balaban J connectivity index is 0.989. The van der Waals surface area contributed by atoms with Gasteiger partial charge in [0, 0.05) is 68.5 Å². The molecule has 2 aliphatic rings. The number of amides is 2. The van der Waals surface area contributed by atoms with Gasteiger partial charge in [-0.2, -0.15) is 5.26 Å². The van der Waals surface area contributed by atoms with Crippen LogP contribution in [0.4, 0.5) is 16.6 Å². The standard InChI is InChI=1S/C40H53N9O8/c1-28-25-47(13-14-48(28)34(50)27-56-21-20-55-19-18-54-17-16-53-15-12-43-38(52)57-39(2,3)4)37-44-23-30(24-45-37)32-10-9-31-35(51)40(5,6)49(36(31)46-32)26-29-8-7-11-42-33(29)22-41/h7-11,23-24,28H,12-21,25-27H2,1-6H3,(H,43,52)/t28-/m1/s1. The highest BCUT2D eigenvalue weighted by molar-refractivity contribution is 6.12. The highest BCUT2D eigenvalue weighted by Gasteiger charge is 2.45. The summed E-state index contributed by atoms with van der Waals surface area (Å²) in [4.78, 5) is 62.0. The second kappa shape index (κ2) is 19.7. The predicted molar refractivity (Wildman–Crippen MR) is 210 cm³/mol. The number of hydrogen-bond acceptors (Lipinski definition) is 15. The first kappa shape index (κ1) is 42.9. The van der Waals surface area contributed by atoms with E-state index in [-0.39, 0.29) is 30.9 Å². The van der Waals surface area contributed by atoms with Crippen LogP contribution in [0.1, 0.15) is 63.2 Å². The number of ketones is 1. The van der Waals surface area contributed by atoms with E-state index < -0.39 is 17.2 Å². The Morgan fingerprint density at radius 2 is 1.61 bits per heavy atom. The summed E-state index contributed by atoms with van der Waals surface area (Å²) in [5, 5.41) is 12.2. The second-order valence-electron chi connectivity index (χ2n) is 15.1. The minimum absolute atomic E-state index is 0.0365. The van der Waals surface area contributed by atoms with Gasteiger partial charge in [0.1, 0.15) is 29.8 Å². The molecule has 2 aliphatic heterocycles. The third-order valence-corrected chi connectivity index (χ3v) is 9.35. The highest BCUT2D eigenvalue weighted by Crippen LogP contribution is 2.39. The summed E-state index contributed by atoms with van der Waals surface area (Å²) < 4.78 is 27.2. The van der Waals surface area contributed by atoms with Gasteiger partial charge in [-0.25, -0.2) is 24.7 Å². The fourth-order valence-corrected chi connectivity index (χ4v) is 6.39. The molecule has 1 fully saturated rings. The van der Waals surface area contributed by atoms with Crippen molar-refractivity contribution in [2.24, 2.45) is 0 Å². The number of nitriles is 1. The SMILES string of the molecule is C[C@@H]1CN(c2ncc(-c3ccc4c(n3)N(Cc3cccnc3C#N)C(C)(C)C4=O)cn2)CCN1C(=O)COCCOCCOCCOCCNC(=O)OC(C)(C)C. The lowest BCUT2D eigenvalue weighted by Gasteiger charge is -2.39. The number of fused-ring (bicyclic) bond motifs is 1. The zero-order chi connectivity index (χ0) is 41.0. The Morgan fingerprint density at radius 1 is 0.947 bits per heavy atom. The lowest BCUT2D eigenvalue weighted by atomic mass is 9.97. The zero-order valence-electron chi connectivity index (χ0n) is 33.7. The Hall–Kier alpha value is -5.28. The molecule has 17 nitrogen and oxygen atoms in total. The number of rotatable bonds is 18. The molecule has 306 valence electrons. The van der Waals surface area contributed by atoms with Crippen LogP contribution in [0.15, 0.2) is 42.9 Å². The van der Waals surface area contributed by atoms with Crippen LogP contribution < -0.4 is 15.1 Å². The molecule has 3 aromatic heterocycles. The van der Waals surface area contributed by atoms with Gasteiger partial charge in [0.25, 0.3) is 0 Å². The van der Waals surface area contributed by atoms with Crippen LogP contribution in [0.3, 0.4) is 0 Å². The van der Waals surface area contributed by atoms with Gasteiger partial charge in [0.2, 0.25) is 11.9 Å². The number of nitrogens with zero attached hydrogens (tertiary/aromatic N) is 8. The number of piperazine rings is 1. The van der Waals surface area contributed by atoms with Crippen molar-refractivity contribution in [3.63, 3.8) is 0 Å². The van der Waals surface area contributed by atoms with Crippen molar-refractivity contribution in [1.29, 1.82) is 5.26 Å². The molecule has 0 aromatic carbocycles. The first-order valence-corrected chi connectivity index (χ1v) is 19.1. The van der Waals surface area contributed by atoms with E-state index in [0.29, 0.717) is 112 Å². The Kier molecular flexibility index (Phi) is 14.8. The molecule has 0 unspecified atom stereocenters. The first-order valence-electron chi connectivity index (χ1n) is 19.1. The summed E-state index contributed by atoms with van der Waals surface area (Å²) in [6.07, 6.45) is 4.53. The molecule has 2 amide bonds. The summed E-state index contributed by atoms with van der Waals surface area (Å²) in [6.45, 7) is 15.9. The zero-order valence-corrected chi connectivity index (χ0v) is 33.7. The van der Waals surface area contributed by atoms with Gasteiger partial charge in [-0.1, -0.05) is 6.07 Å². The molecule has 17 heteroatoms. The van der Waals surface area contributed by atoms with E-state index in [1.165, 1.54) is 0 Å². The number of carbonyl (C=O) groups excluding carboxylic acids is 3. The van der Waals surface area contributed by atoms with E-state index in [1.54, 1.807) is 57.6 Å². The highest BCUT2D eigenvalue weighted by atomic mass is 16.6. The smallest absolute Gasteiger partial charge is 0.407 e. The van der Waals surface area contributed by atoms with Crippen molar-refractivity contribution in [2.45, 2.75) is 65.3 Å². The van der Waals surface area contributed by atoms with E-state index in [1.807, 2.05) is 41.5 Å². The predicted octanol–water partition coefficient (Wildman–Crippen LogP) is 3.41. The molecule has 5 heterocycles. The molecule has 1 saturated heterocycles. The molecule has 1 N–H and O–H groups in total. The number of hydrogen-bond donors (Lipinski definition) is 1. The summed E-state index contributed by atoms with van der Waals surface area (Å²) in [6, 6.07) is 9.25. The lowest BCUT2D eigenvalue weighted by molar-refractivity contribution is -0.139. The topological polar surface area (TPSA) is 194 Å². The minimum Gasteiger partial charge on any atom is -0.444 e. The molecule has 0 bridgehead atoms. The minimum atomic E-state index is -0.862. The largest absolute Gasteiger partial charge is 0.444 e. The van der Waals surface area contributed by atoms with Crippen molar-refractivity contribution in [3.05, 3.63) is 59.7 Å². The number of Topliss-reactive ketones (excluding diaryl/α,β-unsaturated/α-hetero) is 1. The van der Waals surface area contributed by atoms with E-state index in [9.17, 15) is 19.6 Å². The second-order valence-corrected chi connectivity index (χ2v) is 15.1. The number of aromatic nitrogens is 4. The Bertz CT molecular complexity index is 1880. The molecule has 5 rings (SSSR count). The molecule has 57 heavy (non-hydrogen) atoms. The summed E-state index contributed by atoms with van der Waals surface area (Å²) in [5.74, 6) is 0.959. The van der Waals surface area contributed by atoms with Gasteiger partial charge in [-0.3, -0.25) is 9.59 Å². The van der Waals surface area contributed by atoms with E-state index in [2.05, 4.69) is 26.3 Å². The van der Waals surface area contributed by atoms with Gasteiger partial charge in [0.05, 0.1) is 63.0 Å². The third kappa shape index (κ3) is 11.6. The number of alkyl carbamates (subject to hydrolysis) is 1. The fraction of sp³-hybridized carbons (Fsp3) is 0.550. The van der Waals surface area contributed by atoms with Crippen LogP contribution >= 0.6 is 0 Å². The van der Waals surface area contributed by atoms with Crippen molar-refractivity contribution in [1.82, 2.24) is 30.2 Å². The molecular formula is C40H53N9O8. The van der Waals surface area contributed by atoms with Crippen LogP contribution in [0.2, 0.25) is 0 Å². The van der Waals surface area contributed by atoms with Crippen molar-refractivity contribution in [2.75, 3.05) is 88.8 Å². The van der Waals surface area contributed by atoms with E-state index >= 15 is 0 Å². The van der Waals surface area contributed by atoms with E-state index in [0.717, 1.165) is 0 Å². The van der Waals surface area contributed by atoms with Crippen molar-refractivity contribution >= 4 is 29.5 Å². The molecule has 1 atom stereocenters. The molecule has 0 spiro atoms. The van der Waals surface area contributed by atoms with Crippen molar-refractivity contribution in [3.8, 4) is 17.3 Å². The maximum atomic E-state index is 13.4. The number of ether oxygens (including phenoxy) is 5. The summed E-state index contributed by atoms with van der Waals surface area (Å²) in [7, 11) is 0. The summed E-state index contributed by atoms with van der Waals surface area (Å²) >= 11 is 0.